The van der Waals surface area contributed by atoms with Crippen LogP contribution in [-0.4, -0.2) is 28.3 Å². The number of benzene rings is 1. The van der Waals surface area contributed by atoms with Crippen molar-refractivity contribution in [2.24, 2.45) is 0 Å². The number of carbonyl (C=O) groups excluding carboxylic acids is 1. The van der Waals surface area contributed by atoms with Gasteiger partial charge in [-0.1, -0.05) is 30.7 Å². The first-order valence-electron chi connectivity index (χ1n) is 5.81. The molecule has 0 aliphatic rings. The van der Waals surface area contributed by atoms with Gasteiger partial charge in [0.25, 0.3) is 0 Å². The quantitative estimate of drug-likeness (QED) is 0.793. The predicted octanol–water partition coefficient (Wildman–Crippen LogP) is 2.80. The van der Waals surface area contributed by atoms with Gasteiger partial charge < -0.3 is 10.4 Å². The lowest BCUT2D eigenvalue weighted by Gasteiger charge is -2.24. The minimum Gasteiger partial charge on any atom is -0.480 e. The molecule has 0 aliphatic carbocycles. The smallest absolute Gasteiger partial charge is 0.329 e. The zero-order valence-corrected chi connectivity index (χ0v) is 12.3. The Kier molecular flexibility index (Phi) is 5.69. The molecule has 4 nitrogen and oxygen atoms in total. The number of hydrogen-bond donors (Lipinski definition) is 2. The number of aliphatic carboxylic acids is 1. The number of rotatable bonds is 6. The van der Waals surface area contributed by atoms with Gasteiger partial charge in [-0.3, -0.25) is 4.79 Å². The molecule has 1 aromatic carbocycles. The van der Waals surface area contributed by atoms with E-state index in [9.17, 15) is 9.59 Å². The molecule has 0 spiro atoms. The minimum atomic E-state index is -1.22. The summed E-state index contributed by atoms with van der Waals surface area (Å²) in [7, 11) is 0. The summed E-state index contributed by atoms with van der Waals surface area (Å²) in [6.45, 7) is 3.21. The van der Waals surface area contributed by atoms with E-state index < -0.39 is 11.5 Å². The zero-order chi connectivity index (χ0) is 14.5. The third-order valence-electron chi connectivity index (χ3n) is 2.79. The van der Waals surface area contributed by atoms with Crippen LogP contribution in [0.3, 0.4) is 0 Å². The monoisotopic (exact) mass is 301 g/mol. The van der Waals surface area contributed by atoms with Crippen molar-refractivity contribution in [3.63, 3.8) is 0 Å². The first-order valence-corrected chi connectivity index (χ1v) is 7.17. The summed E-state index contributed by atoms with van der Waals surface area (Å²) >= 11 is 7.25. The largest absolute Gasteiger partial charge is 0.480 e. The number of amides is 1. The third kappa shape index (κ3) is 4.44. The number of nitrogens with one attached hydrogen (secondary N) is 1. The molecule has 1 amide bonds. The van der Waals surface area contributed by atoms with Gasteiger partial charge in [0.1, 0.15) is 5.54 Å². The number of carboxylic acid groups (broad SMARTS) is 1. The maximum absolute atomic E-state index is 11.8. The first-order chi connectivity index (χ1) is 8.89. The van der Waals surface area contributed by atoms with E-state index >= 15 is 0 Å². The van der Waals surface area contributed by atoms with Crippen LogP contribution in [0.25, 0.3) is 0 Å². The lowest BCUT2D eigenvalue weighted by molar-refractivity contribution is -0.146. The summed E-state index contributed by atoms with van der Waals surface area (Å²) in [6.07, 6.45) is 0.324. The highest BCUT2D eigenvalue weighted by Gasteiger charge is 2.32. The van der Waals surface area contributed by atoms with E-state index in [4.69, 9.17) is 16.7 Å². The average molecular weight is 302 g/mol. The molecule has 1 atom stereocenters. The Labute approximate surface area is 121 Å². The molecule has 1 aromatic rings. The highest BCUT2D eigenvalue weighted by atomic mass is 35.5. The minimum absolute atomic E-state index is 0.132. The second-order valence-electron chi connectivity index (χ2n) is 4.26. The number of hydrogen-bond acceptors (Lipinski definition) is 3. The fourth-order valence-electron chi connectivity index (χ4n) is 1.34. The maximum Gasteiger partial charge on any atom is 0.329 e. The van der Waals surface area contributed by atoms with Gasteiger partial charge in [-0.15, -0.1) is 11.8 Å². The van der Waals surface area contributed by atoms with Crippen LogP contribution in [0, 0.1) is 0 Å². The van der Waals surface area contributed by atoms with Crippen molar-refractivity contribution in [3.05, 3.63) is 29.3 Å². The Morgan fingerprint density at radius 2 is 2.05 bits per heavy atom. The molecule has 19 heavy (non-hydrogen) atoms. The summed E-state index contributed by atoms with van der Waals surface area (Å²) in [4.78, 5) is 23.6. The molecule has 0 bridgehead atoms. The van der Waals surface area contributed by atoms with Crippen molar-refractivity contribution >= 4 is 35.2 Å². The molecule has 6 heteroatoms. The van der Waals surface area contributed by atoms with Crippen molar-refractivity contribution in [2.75, 3.05) is 5.75 Å². The fourth-order valence-corrected chi connectivity index (χ4v) is 2.38. The van der Waals surface area contributed by atoms with Crippen LogP contribution in [0.1, 0.15) is 20.3 Å². The van der Waals surface area contributed by atoms with E-state index in [2.05, 4.69) is 5.32 Å². The molecule has 104 valence electrons. The van der Waals surface area contributed by atoms with Crippen molar-refractivity contribution in [2.45, 2.75) is 30.7 Å². The Bertz CT molecular complexity index is 481. The fraction of sp³-hybridized carbons (Fsp3) is 0.385. The van der Waals surface area contributed by atoms with E-state index in [1.807, 2.05) is 18.2 Å². The Morgan fingerprint density at radius 1 is 1.42 bits per heavy atom. The average Bonchev–Trinajstić information content (AvgIpc) is 2.37. The Hall–Kier alpha value is -1.20. The van der Waals surface area contributed by atoms with Crippen LogP contribution in [0.4, 0.5) is 0 Å². The van der Waals surface area contributed by atoms with Crippen LogP contribution in [0.5, 0.6) is 0 Å². The normalized spacial score (nSPS) is 13.6. The zero-order valence-electron chi connectivity index (χ0n) is 10.8. The van der Waals surface area contributed by atoms with E-state index in [-0.39, 0.29) is 11.7 Å². The molecule has 0 saturated carbocycles. The summed E-state index contributed by atoms with van der Waals surface area (Å²) in [6, 6.07) is 7.20. The molecular weight excluding hydrogens is 286 g/mol. The van der Waals surface area contributed by atoms with E-state index in [0.717, 1.165) is 4.90 Å². The summed E-state index contributed by atoms with van der Waals surface area (Å²) in [5.41, 5.74) is -1.22. The van der Waals surface area contributed by atoms with Crippen molar-refractivity contribution in [1.82, 2.24) is 5.32 Å². The second kappa shape index (κ2) is 6.82. The van der Waals surface area contributed by atoms with E-state index in [1.165, 1.54) is 18.7 Å². The van der Waals surface area contributed by atoms with Crippen LogP contribution in [0.15, 0.2) is 29.2 Å². The first kappa shape index (κ1) is 15.9. The molecular formula is C13H16ClNO3S. The van der Waals surface area contributed by atoms with Crippen LogP contribution in [0.2, 0.25) is 5.02 Å². The van der Waals surface area contributed by atoms with Crippen molar-refractivity contribution < 1.29 is 14.7 Å². The maximum atomic E-state index is 11.8. The number of halogens is 1. The van der Waals surface area contributed by atoms with Gasteiger partial charge >= 0.3 is 5.97 Å². The second-order valence-corrected chi connectivity index (χ2v) is 5.68. The molecule has 0 radical (unpaired) electrons. The summed E-state index contributed by atoms with van der Waals surface area (Å²) in [5.74, 6) is -1.23. The topological polar surface area (TPSA) is 66.4 Å². The lowest BCUT2D eigenvalue weighted by atomic mass is 9.99. The van der Waals surface area contributed by atoms with Gasteiger partial charge in [0.2, 0.25) is 5.91 Å². The highest BCUT2D eigenvalue weighted by Crippen LogP contribution is 2.26. The standard InChI is InChI=1S/C13H16ClNO3S/c1-3-13(2,12(17)18)15-11(16)8-19-10-7-5-4-6-9(10)14/h4-7H,3,8H2,1-2H3,(H,15,16)(H,17,18). The Morgan fingerprint density at radius 3 is 2.58 bits per heavy atom. The summed E-state index contributed by atoms with van der Waals surface area (Å²) in [5, 5.41) is 12.2. The van der Waals surface area contributed by atoms with Gasteiger partial charge in [-0.2, -0.15) is 0 Å². The van der Waals surface area contributed by atoms with Gasteiger partial charge in [-0.25, -0.2) is 4.79 Å². The van der Waals surface area contributed by atoms with Crippen LogP contribution >= 0.6 is 23.4 Å². The van der Waals surface area contributed by atoms with Gasteiger partial charge in [-0.05, 0) is 25.5 Å². The number of carbonyl (C=O) groups is 2. The van der Waals surface area contributed by atoms with Crippen LogP contribution < -0.4 is 5.32 Å². The van der Waals surface area contributed by atoms with Gasteiger partial charge in [0, 0.05) is 4.90 Å². The molecule has 2 N–H and O–H groups in total. The molecule has 0 aromatic heterocycles. The van der Waals surface area contributed by atoms with E-state index in [1.54, 1.807) is 13.0 Å². The Balaban J connectivity index is 2.57. The molecule has 1 unspecified atom stereocenters. The van der Waals surface area contributed by atoms with E-state index in [0.29, 0.717) is 11.4 Å². The predicted molar refractivity (Wildman–Crippen MR) is 76.7 cm³/mol. The third-order valence-corrected chi connectivity index (χ3v) is 4.31. The molecule has 0 aliphatic heterocycles. The number of carboxylic acids is 1. The number of thioether (sulfide) groups is 1. The van der Waals surface area contributed by atoms with Crippen molar-refractivity contribution in [3.8, 4) is 0 Å². The van der Waals surface area contributed by atoms with Crippen molar-refractivity contribution in [1.29, 1.82) is 0 Å². The lowest BCUT2D eigenvalue weighted by Crippen LogP contribution is -2.52. The molecule has 0 saturated heterocycles. The van der Waals surface area contributed by atoms with Gasteiger partial charge in [0.15, 0.2) is 0 Å². The SMILES string of the molecule is CCC(C)(NC(=O)CSc1ccccc1Cl)C(=O)O. The molecule has 0 fully saturated rings. The van der Waals surface area contributed by atoms with Crippen LogP contribution in [-0.2, 0) is 9.59 Å². The molecule has 0 heterocycles. The highest BCUT2D eigenvalue weighted by molar-refractivity contribution is 8.00. The molecule has 1 rings (SSSR count). The summed E-state index contributed by atoms with van der Waals surface area (Å²) < 4.78 is 0. The van der Waals surface area contributed by atoms with Gasteiger partial charge in [0.05, 0.1) is 10.8 Å².